The Morgan fingerprint density at radius 1 is 1.25 bits per heavy atom. The minimum atomic E-state index is -0.395. The Kier molecular flexibility index (Phi) is 4.74. The molecule has 142 valence electrons. The molecule has 0 saturated carbocycles. The molecule has 4 rings (SSSR count). The van der Waals surface area contributed by atoms with Gasteiger partial charge in [0, 0.05) is 17.8 Å². The molecule has 0 radical (unpaired) electrons. The molecule has 3 aromatic rings. The molecule has 1 aliphatic rings. The van der Waals surface area contributed by atoms with E-state index < -0.39 is 4.92 Å². The molecule has 9 heteroatoms. The van der Waals surface area contributed by atoms with Crippen LogP contribution in [0.1, 0.15) is 17.2 Å². The summed E-state index contributed by atoms with van der Waals surface area (Å²) >= 11 is 1.44. The molecule has 8 nitrogen and oxygen atoms in total. The maximum absolute atomic E-state index is 11.2. The number of nitro benzene ring substituents is 1. The number of hydrogen-bond donors (Lipinski definition) is 1. The zero-order valence-electron chi connectivity index (χ0n) is 15.2. The molecule has 0 amide bonds. The second-order valence-corrected chi connectivity index (χ2v) is 6.87. The number of allylic oxidation sites excluding steroid dienone is 1. The van der Waals surface area contributed by atoms with Gasteiger partial charge in [0.25, 0.3) is 5.69 Å². The fourth-order valence-corrected chi connectivity index (χ4v) is 3.41. The quantitative estimate of drug-likeness (QED) is 0.397. The van der Waals surface area contributed by atoms with E-state index in [1.165, 1.54) is 17.8 Å². The third kappa shape index (κ3) is 3.31. The molecule has 2 aromatic carbocycles. The third-order valence-electron chi connectivity index (χ3n) is 4.45. The number of non-ortho nitro benzene ring substituents is 1. The van der Waals surface area contributed by atoms with Crippen molar-refractivity contribution in [2.75, 3.05) is 18.7 Å². The molecule has 0 bridgehead atoms. The van der Waals surface area contributed by atoms with Gasteiger partial charge < -0.3 is 10.1 Å². The minimum Gasteiger partial charge on any atom is -0.497 e. The highest BCUT2D eigenvalue weighted by Crippen LogP contribution is 2.34. The van der Waals surface area contributed by atoms with Crippen molar-refractivity contribution in [1.82, 2.24) is 14.8 Å². The van der Waals surface area contributed by atoms with Crippen molar-refractivity contribution < 1.29 is 9.66 Å². The Morgan fingerprint density at radius 3 is 2.71 bits per heavy atom. The van der Waals surface area contributed by atoms with E-state index in [0.29, 0.717) is 11.1 Å². The molecular weight excluding hydrogens is 378 g/mol. The monoisotopic (exact) mass is 395 g/mol. The number of fused-ring (bicyclic) bond motifs is 1. The van der Waals surface area contributed by atoms with Crippen molar-refractivity contribution in [2.24, 2.45) is 0 Å². The lowest BCUT2D eigenvalue weighted by molar-refractivity contribution is -0.384. The Hall–Kier alpha value is -3.33. The van der Waals surface area contributed by atoms with Gasteiger partial charge in [-0.05, 0) is 47.7 Å². The average molecular weight is 395 g/mol. The van der Waals surface area contributed by atoms with Gasteiger partial charge in [0.15, 0.2) is 0 Å². The molecule has 1 aliphatic heterocycles. The molecule has 0 aliphatic carbocycles. The Balaban J connectivity index is 1.81. The number of nitro groups is 1. The zero-order valence-corrected chi connectivity index (χ0v) is 16.0. The van der Waals surface area contributed by atoms with Crippen LogP contribution in [0.15, 0.2) is 59.8 Å². The molecule has 0 fully saturated rings. The van der Waals surface area contributed by atoms with Crippen LogP contribution in [0.25, 0.3) is 5.70 Å². The average Bonchev–Trinajstić information content (AvgIpc) is 3.16. The summed E-state index contributed by atoms with van der Waals surface area (Å²) in [6.07, 6.45) is 3.90. The number of methoxy groups -OCH3 is 1. The highest BCUT2D eigenvalue weighted by Gasteiger charge is 2.26. The molecule has 0 saturated heterocycles. The lowest BCUT2D eigenvalue weighted by atomic mass is 10.0. The van der Waals surface area contributed by atoms with Gasteiger partial charge in [-0.1, -0.05) is 23.9 Å². The van der Waals surface area contributed by atoms with E-state index in [4.69, 9.17) is 4.74 Å². The van der Waals surface area contributed by atoms with Gasteiger partial charge in [0.05, 0.1) is 12.0 Å². The molecule has 1 unspecified atom stereocenters. The minimum absolute atomic E-state index is 0.0437. The predicted octanol–water partition coefficient (Wildman–Crippen LogP) is 3.97. The van der Waals surface area contributed by atoms with E-state index in [1.807, 2.05) is 42.7 Å². The van der Waals surface area contributed by atoms with Gasteiger partial charge in [-0.15, -0.1) is 5.10 Å². The summed E-state index contributed by atoms with van der Waals surface area (Å²) < 4.78 is 6.97. The smallest absolute Gasteiger partial charge is 0.269 e. The highest BCUT2D eigenvalue weighted by atomic mass is 32.2. The summed E-state index contributed by atoms with van der Waals surface area (Å²) in [4.78, 5) is 15.3. The van der Waals surface area contributed by atoms with Crippen LogP contribution in [-0.2, 0) is 0 Å². The lowest BCUT2D eigenvalue weighted by Crippen LogP contribution is -2.20. The fourth-order valence-electron chi connectivity index (χ4n) is 3.06. The Labute approximate surface area is 165 Å². The van der Waals surface area contributed by atoms with Crippen LogP contribution in [0.2, 0.25) is 0 Å². The first-order chi connectivity index (χ1) is 13.6. The van der Waals surface area contributed by atoms with E-state index in [0.717, 1.165) is 22.6 Å². The van der Waals surface area contributed by atoms with Crippen molar-refractivity contribution in [1.29, 1.82) is 0 Å². The number of nitrogens with zero attached hydrogens (tertiary/aromatic N) is 4. The van der Waals surface area contributed by atoms with Crippen LogP contribution in [0.3, 0.4) is 0 Å². The largest absolute Gasteiger partial charge is 0.497 e. The van der Waals surface area contributed by atoms with Gasteiger partial charge in [-0.2, -0.15) is 4.98 Å². The summed E-state index contributed by atoms with van der Waals surface area (Å²) in [7, 11) is 1.62. The number of rotatable bonds is 5. The summed E-state index contributed by atoms with van der Waals surface area (Å²) in [5.41, 5.74) is 2.62. The highest BCUT2D eigenvalue weighted by molar-refractivity contribution is 7.98. The SMILES string of the molecule is COc1ccc(C2=CC(c3cccc([N+](=O)[O-])c3)n3nc(SC)nc3N2)cc1. The summed E-state index contributed by atoms with van der Waals surface area (Å²) in [6, 6.07) is 13.9. The zero-order chi connectivity index (χ0) is 19.7. The van der Waals surface area contributed by atoms with Crippen molar-refractivity contribution >= 4 is 29.1 Å². The standard InChI is InChI=1S/C19H17N5O3S/c1-27-15-8-6-12(7-9-15)16-11-17(13-4-3-5-14(10-13)24(25)26)23-18(20-16)21-19(22-23)28-2/h3-11,17H,1-2H3,(H,20,21,22). The maximum atomic E-state index is 11.2. The van der Waals surface area contributed by atoms with E-state index >= 15 is 0 Å². The molecular formula is C19H17N5O3S. The second kappa shape index (κ2) is 7.35. The number of thioether (sulfide) groups is 1. The van der Waals surface area contributed by atoms with Crippen LogP contribution in [0, 0.1) is 10.1 Å². The van der Waals surface area contributed by atoms with Crippen LogP contribution < -0.4 is 10.1 Å². The number of anilines is 1. The van der Waals surface area contributed by atoms with Gasteiger partial charge in [-0.3, -0.25) is 10.1 Å². The Morgan fingerprint density at radius 2 is 2.04 bits per heavy atom. The molecule has 2 heterocycles. The molecule has 0 spiro atoms. The number of ether oxygens (including phenoxy) is 1. The lowest BCUT2D eigenvalue weighted by Gasteiger charge is -2.24. The first kappa shape index (κ1) is 18.1. The van der Waals surface area contributed by atoms with Crippen molar-refractivity contribution in [2.45, 2.75) is 11.2 Å². The van der Waals surface area contributed by atoms with E-state index in [-0.39, 0.29) is 11.7 Å². The summed E-state index contributed by atoms with van der Waals surface area (Å²) in [5.74, 6) is 1.36. The van der Waals surface area contributed by atoms with E-state index in [2.05, 4.69) is 15.4 Å². The Bertz CT molecular complexity index is 1060. The van der Waals surface area contributed by atoms with Crippen molar-refractivity contribution in [3.05, 3.63) is 75.8 Å². The van der Waals surface area contributed by atoms with Crippen molar-refractivity contribution in [3.63, 3.8) is 0 Å². The first-order valence-electron chi connectivity index (χ1n) is 8.47. The normalized spacial score (nSPS) is 15.4. The molecule has 1 N–H and O–H groups in total. The first-order valence-corrected chi connectivity index (χ1v) is 9.69. The summed E-state index contributed by atoms with van der Waals surface area (Å²) in [6.45, 7) is 0. The van der Waals surface area contributed by atoms with Crippen molar-refractivity contribution in [3.8, 4) is 5.75 Å². The van der Waals surface area contributed by atoms with Gasteiger partial charge >= 0.3 is 0 Å². The van der Waals surface area contributed by atoms with Crippen LogP contribution in [0.5, 0.6) is 5.75 Å². The van der Waals surface area contributed by atoms with E-state index in [9.17, 15) is 10.1 Å². The fraction of sp³-hybridized carbons (Fsp3) is 0.158. The topological polar surface area (TPSA) is 95.1 Å². The van der Waals surface area contributed by atoms with Gasteiger partial charge in [0.1, 0.15) is 11.8 Å². The van der Waals surface area contributed by atoms with Crippen LogP contribution in [-0.4, -0.2) is 33.1 Å². The predicted molar refractivity (Wildman–Crippen MR) is 108 cm³/mol. The second-order valence-electron chi connectivity index (χ2n) is 6.10. The number of benzene rings is 2. The molecule has 1 aromatic heterocycles. The molecule has 28 heavy (non-hydrogen) atoms. The maximum Gasteiger partial charge on any atom is 0.269 e. The van der Waals surface area contributed by atoms with Gasteiger partial charge in [0.2, 0.25) is 11.1 Å². The van der Waals surface area contributed by atoms with Crippen LogP contribution in [0.4, 0.5) is 11.6 Å². The number of hydrogen-bond acceptors (Lipinski definition) is 7. The summed E-state index contributed by atoms with van der Waals surface area (Å²) in [5, 5.41) is 19.7. The number of nitrogens with one attached hydrogen (secondary N) is 1. The third-order valence-corrected chi connectivity index (χ3v) is 4.99. The van der Waals surface area contributed by atoms with E-state index in [1.54, 1.807) is 23.9 Å². The van der Waals surface area contributed by atoms with Gasteiger partial charge in [-0.25, -0.2) is 4.68 Å². The van der Waals surface area contributed by atoms with Crippen LogP contribution >= 0.6 is 11.8 Å². The molecule has 1 atom stereocenters. The number of aromatic nitrogens is 3.